The molecule has 0 unspecified atom stereocenters. The highest BCUT2D eigenvalue weighted by Crippen LogP contribution is 2.28. The van der Waals surface area contributed by atoms with Crippen molar-refractivity contribution in [2.75, 3.05) is 25.8 Å². The van der Waals surface area contributed by atoms with Gasteiger partial charge in [-0.25, -0.2) is 0 Å². The highest BCUT2D eigenvalue weighted by atomic mass is 32.2. The standard InChI is InChI=1S/C16H17NO3S/c1-19-14-8-7-11(9-15(14)20-2)16(18)17-12-5-4-6-13(10-12)21-3/h4-10H,1-3H3,(H,17,18). The van der Waals surface area contributed by atoms with Crippen LogP contribution in [0.5, 0.6) is 11.5 Å². The van der Waals surface area contributed by atoms with Crippen LogP contribution in [0.15, 0.2) is 47.4 Å². The van der Waals surface area contributed by atoms with Gasteiger partial charge in [0.25, 0.3) is 5.91 Å². The third-order valence-corrected chi connectivity index (χ3v) is 3.70. The predicted octanol–water partition coefficient (Wildman–Crippen LogP) is 3.68. The minimum Gasteiger partial charge on any atom is -0.493 e. The Hall–Kier alpha value is -2.14. The maximum absolute atomic E-state index is 12.3. The molecule has 0 bridgehead atoms. The van der Waals surface area contributed by atoms with Gasteiger partial charge in [0.15, 0.2) is 11.5 Å². The first-order valence-corrected chi connectivity index (χ1v) is 7.58. The molecule has 0 fully saturated rings. The smallest absolute Gasteiger partial charge is 0.255 e. The zero-order valence-electron chi connectivity index (χ0n) is 12.2. The van der Waals surface area contributed by atoms with Gasteiger partial charge in [0.1, 0.15) is 0 Å². The fourth-order valence-electron chi connectivity index (χ4n) is 1.88. The van der Waals surface area contributed by atoms with Gasteiger partial charge in [-0.15, -0.1) is 11.8 Å². The number of carbonyl (C=O) groups is 1. The van der Waals surface area contributed by atoms with Crippen molar-refractivity contribution in [2.45, 2.75) is 4.90 Å². The molecule has 4 nitrogen and oxygen atoms in total. The molecule has 1 N–H and O–H groups in total. The van der Waals surface area contributed by atoms with Crippen molar-refractivity contribution in [1.82, 2.24) is 0 Å². The number of thioether (sulfide) groups is 1. The summed E-state index contributed by atoms with van der Waals surface area (Å²) in [6.45, 7) is 0. The second kappa shape index (κ2) is 7.04. The summed E-state index contributed by atoms with van der Waals surface area (Å²) in [5, 5.41) is 2.87. The number of ether oxygens (including phenoxy) is 2. The van der Waals surface area contributed by atoms with E-state index in [2.05, 4.69) is 5.32 Å². The molecule has 0 aliphatic carbocycles. The van der Waals surface area contributed by atoms with Crippen LogP contribution >= 0.6 is 11.8 Å². The van der Waals surface area contributed by atoms with Gasteiger partial charge < -0.3 is 14.8 Å². The van der Waals surface area contributed by atoms with Gasteiger partial charge in [-0.3, -0.25) is 4.79 Å². The Bertz CT molecular complexity index is 643. The highest BCUT2D eigenvalue weighted by molar-refractivity contribution is 7.98. The Morgan fingerprint density at radius 2 is 1.81 bits per heavy atom. The molecule has 0 aliphatic rings. The van der Waals surface area contributed by atoms with Gasteiger partial charge in [-0.1, -0.05) is 6.07 Å². The van der Waals surface area contributed by atoms with Crippen molar-refractivity contribution < 1.29 is 14.3 Å². The lowest BCUT2D eigenvalue weighted by atomic mass is 10.2. The quantitative estimate of drug-likeness (QED) is 0.856. The SMILES string of the molecule is COc1ccc(C(=O)Nc2cccc(SC)c2)cc1OC. The molecule has 5 heteroatoms. The van der Waals surface area contributed by atoms with Crippen molar-refractivity contribution in [2.24, 2.45) is 0 Å². The van der Waals surface area contributed by atoms with E-state index in [9.17, 15) is 4.79 Å². The van der Waals surface area contributed by atoms with Crippen molar-refractivity contribution >= 4 is 23.4 Å². The van der Waals surface area contributed by atoms with Gasteiger partial charge in [0.05, 0.1) is 14.2 Å². The zero-order chi connectivity index (χ0) is 15.2. The number of amides is 1. The van der Waals surface area contributed by atoms with Crippen LogP contribution in [0.2, 0.25) is 0 Å². The molecule has 0 saturated heterocycles. The number of carbonyl (C=O) groups excluding carboxylic acids is 1. The van der Waals surface area contributed by atoms with E-state index in [-0.39, 0.29) is 5.91 Å². The number of hydrogen-bond acceptors (Lipinski definition) is 4. The molecule has 2 rings (SSSR count). The molecule has 0 heterocycles. The van der Waals surface area contributed by atoms with Gasteiger partial charge in [-0.2, -0.15) is 0 Å². The van der Waals surface area contributed by atoms with Crippen molar-refractivity contribution in [3.8, 4) is 11.5 Å². The lowest BCUT2D eigenvalue weighted by Gasteiger charge is -2.10. The number of methoxy groups -OCH3 is 2. The van der Waals surface area contributed by atoms with E-state index in [1.807, 2.05) is 30.5 Å². The average Bonchev–Trinajstić information content (AvgIpc) is 2.54. The molecule has 0 aromatic heterocycles. The van der Waals surface area contributed by atoms with E-state index in [1.165, 1.54) is 0 Å². The van der Waals surface area contributed by atoms with Gasteiger partial charge in [0, 0.05) is 16.1 Å². The van der Waals surface area contributed by atoms with E-state index in [4.69, 9.17) is 9.47 Å². The fraction of sp³-hybridized carbons (Fsp3) is 0.188. The van der Waals surface area contributed by atoms with Crippen LogP contribution in [0, 0.1) is 0 Å². The number of nitrogens with one attached hydrogen (secondary N) is 1. The maximum Gasteiger partial charge on any atom is 0.255 e. The van der Waals surface area contributed by atoms with Crippen LogP contribution in [-0.4, -0.2) is 26.4 Å². The van der Waals surface area contributed by atoms with Gasteiger partial charge in [-0.05, 0) is 42.7 Å². The van der Waals surface area contributed by atoms with E-state index in [1.54, 1.807) is 44.2 Å². The molecule has 0 atom stereocenters. The van der Waals surface area contributed by atoms with Crippen LogP contribution in [0.1, 0.15) is 10.4 Å². The summed E-state index contributed by atoms with van der Waals surface area (Å²) in [7, 11) is 3.10. The summed E-state index contributed by atoms with van der Waals surface area (Å²) < 4.78 is 10.4. The first kappa shape index (κ1) is 15.3. The monoisotopic (exact) mass is 303 g/mol. The minimum atomic E-state index is -0.186. The van der Waals surface area contributed by atoms with Gasteiger partial charge >= 0.3 is 0 Å². The lowest BCUT2D eigenvalue weighted by Crippen LogP contribution is -2.12. The van der Waals surface area contributed by atoms with E-state index in [0.29, 0.717) is 17.1 Å². The molecule has 0 radical (unpaired) electrons. The third kappa shape index (κ3) is 3.70. The Labute approximate surface area is 128 Å². The predicted molar refractivity (Wildman–Crippen MR) is 85.7 cm³/mol. The van der Waals surface area contributed by atoms with Crippen LogP contribution in [0.25, 0.3) is 0 Å². The lowest BCUT2D eigenvalue weighted by molar-refractivity contribution is 0.102. The minimum absolute atomic E-state index is 0.186. The van der Waals surface area contributed by atoms with Crippen LogP contribution < -0.4 is 14.8 Å². The molecule has 2 aromatic rings. The Kier molecular flexibility index (Phi) is 5.11. The van der Waals surface area contributed by atoms with Crippen LogP contribution in [0.4, 0.5) is 5.69 Å². The molecule has 0 aliphatic heterocycles. The van der Waals surface area contributed by atoms with Crippen molar-refractivity contribution in [3.63, 3.8) is 0 Å². The molecule has 1 amide bonds. The molecule has 110 valence electrons. The normalized spacial score (nSPS) is 10.0. The number of anilines is 1. The largest absolute Gasteiger partial charge is 0.493 e. The van der Waals surface area contributed by atoms with E-state index < -0.39 is 0 Å². The Morgan fingerprint density at radius 3 is 2.48 bits per heavy atom. The second-order valence-electron chi connectivity index (χ2n) is 4.26. The molecular formula is C16H17NO3S. The van der Waals surface area contributed by atoms with E-state index in [0.717, 1.165) is 10.6 Å². The summed E-state index contributed by atoms with van der Waals surface area (Å²) in [4.78, 5) is 13.4. The highest BCUT2D eigenvalue weighted by Gasteiger charge is 2.11. The molecule has 2 aromatic carbocycles. The molecule has 0 spiro atoms. The van der Waals surface area contributed by atoms with Crippen LogP contribution in [-0.2, 0) is 0 Å². The van der Waals surface area contributed by atoms with Crippen molar-refractivity contribution in [3.05, 3.63) is 48.0 Å². The Balaban J connectivity index is 2.19. The first-order chi connectivity index (χ1) is 10.2. The first-order valence-electron chi connectivity index (χ1n) is 6.35. The summed E-state index contributed by atoms with van der Waals surface area (Å²) in [5.74, 6) is 0.940. The average molecular weight is 303 g/mol. The van der Waals surface area contributed by atoms with Gasteiger partial charge in [0.2, 0.25) is 0 Å². The van der Waals surface area contributed by atoms with E-state index >= 15 is 0 Å². The zero-order valence-corrected chi connectivity index (χ0v) is 13.0. The van der Waals surface area contributed by atoms with Crippen molar-refractivity contribution in [1.29, 1.82) is 0 Å². The second-order valence-corrected chi connectivity index (χ2v) is 5.14. The Morgan fingerprint density at radius 1 is 1.05 bits per heavy atom. The topological polar surface area (TPSA) is 47.6 Å². The summed E-state index contributed by atoms with van der Waals surface area (Å²) in [5.41, 5.74) is 1.28. The molecule has 0 saturated carbocycles. The van der Waals surface area contributed by atoms with Crippen LogP contribution in [0.3, 0.4) is 0 Å². The number of benzene rings is 2. The summed E-state index contributed by atoms with van der Waals surface area (Å²) in [6, 6.07) is 12.8. The molecule has 21 heavy (non-hydrogen) atoms. The maximum atomic E-state index is 12.3. The summed E-state index contributed by atoms with van der Waals surface area (Å²) in [6.07, 6.45) is 2.00. The number of rotatable bonds is 5. The molecular weight excluding hydrogens is 286 g/mol. The third-order valence-electron chi connectivity index (χ3n) is 2.97. The summed E-state index contributed by atoms with van der Waals surface area (Å²) >= 11 is 1.63. The fourth-order valence-corrected chi connectivity index (χ4v) is 2.34. The number of hydrogen-bond donors (Lipinski definition) is 1.